The predicted molar refractivity (Wildman–Crippen MR) is 131 cm³/mol. The zero-order valence-electron chi connectivity index (χ0n) is 18.9. The first-order valence-electron chi connectivity index (χ1n) is 11.3. The van der Waals surface area contributed by atoms with Gasteiger partial charge in [0.15, 0.2) is 11.6 Å². The lowest BCUT2D eigenvalue weighted by molar-refractivity contribution is -0.133. The maximum absolute atomic E-state index is 13.4. The lowest BCUT2D eigenvalue weighted by atomic mass is 10.1. The van der Waals surface area contributed by atoms with Gasteiger partial charge in [0.25, 0.3) is 5.91 Å². The Kier molecular flexibility index (Phi) is 6.11. The molecular formula is C26H25ClN4O3. The number of piperazine rings is 1. The summed E-state index contributed by atoms with van der Waals surface area (Å²) in [7, 11) is 0. The highest BCUT2D eigenvalue weighted by Gasteiger charge is 2.38. The van der Waals surface area contributed by atoms with Crippen molar-refractivity contribution in [2.75, 3.05) is 42.5 Å². The molecule has 0 spiro atoms. The molecule has 3 heterocycles. The highest BCUT2D eigenvalue weighted by atomic mass is 35.5. The molecule has 1 saturated heterocycles. The normalized spacial score (nSPS) is 17.9. The number of carbonyl (C=O) groups is 2. The Morgan fingerprint density at radius 3 is 2.59 bits per heavy atom. The van der Waals surface area contributed by atoms with Gasteiger partial charge in [0.05, 0.1) is 0 Å². The summed E-state index contributed by atoms with van der Waals surface area (Å²) in [5, 5.41) is 0.698. The molecule has 174 valence electrons. The smallest absolute Gasteiger partial charge is 0.274 e. The number of anilines is 2. The van der Waals surface area contributed by atoms with Gasteiger partial charge >= 0.3 is 0 Å². The van der Waals surface area contributed by atoms with E-state index in [1.54, 1.807) is 23.2 Å². The molecule has 1 atom stereocenters. The minimum atomic E-state index is -0.812. The van der Waals surface area contributed by atoms with Crippen LogP contribution < -0.4 is 14.5 Å². The summed E-state index contributed by atoms with van der Waals surface area (Å²) in [6.07, 6.45) is 0.787. The lowest BCUT2D eigenvalue weighted by Gasteiger charge is -2.38. The van der Waals surface area contributed by atoms with Crippen molar-refractivity contribution >= 4 is 34.9 Å². The maximum atomic E-state index is 13.4. The number of fused-ring (bicyclic) bond motifs is 1. The molecule has 2 amide bonds. The third-order valence-electron chi connectivity index (χ3n) is 6.28. The van der Waals surface area contributed by atoms with Crippen LogP contribution in [0.15, 0.2) is 66.9 Å². The Bertz CT molecular complexity index is 1210. The molecule has 7 nitrogen and oxygen atoms in total. The molecule has 2 aromatic carbocycles. The molecule has 0 N–H and O–H groups in total. The number of nitrogens with zero attached hydrogens (tertiary/aromatic N) is 4. The fourth-order valence-corrected chi connectivity index (χ4v) is 4.61. The van der Waals surface area contributed by atoms with Gasteiger partial charge in [-0.2, -0.15) is 0 Å². The molecule has 2 aliphatic heterocycles. The van der Waals surface area contributed by atoms with E-state index >= 15 is 0 Å². The number of carbonyl (C=O) groups excluding carboxylic acids is 2. The minimum absolute atomic E-state index is 0.0776. The summed E-state index contributed by atoms with van der Waals surface area (Å²) in [5.74, 6) is 0.464. The number of pyridine rings is 1. The first kappa shape index (κ1) is 22.2. The average Bonchev–Trinajstić information content (AvgIpc) is 2.87. The highest BCUT2D eigenvalue weighted by molar-refractivity contribution is 6.30. The van der Waals surface area contributed by atoms with Crippen LogP contribution >= 0.6 is 11.6 Å². The van der Waals surface area contributed by atoms with Crippen LogP contribution in [0.2, 0.25) is 5.02 Å². The van der Waals surface area contributed by atoms with Crippen LogP contribution in [0.25, 0.3) is 0 Å². The molecule has 1 fully saturated rings. The van der Waals surface area contributed by atoms with Crippen molar-refractivity contribution in [1.29, 1.82) is 0 Å². The number of hydrogen-bond donors (Lipinski definition) is 0. The van der Waals surface area contributed by atoms with Crippen LogP contribution in [0.5, 0.6) is 5.75 Å². The molecule has 2 aliphatic rings. The Hall–Kier alpha value is -3.58. The van der Waals surface area contributed by atoms with Gasteiger partial charge in [0.2, 0.25) is 12.0 Å². The van der Waals surface area contributed by atoms with Gasteiger partial charge < -0.3 is 14.5 Å². The Labute approximate surface area is 203 Å². The molecular weight excluding hydrogens is 452 g/mol. The van der Waals surface area contributed by atoms with Gasteiger partial charge in [0.1, 0.15) is 6.54 Å². The van der Waals surface area contributed by atoms with E-state index in [0.717, 1.165) is 16.8 Å². The van der Waals surface area contributed by atoms with E-state index in [1.165, 1.54) is 4.90 Å². The van der Waals surface area contributed by atoms with Gasteiger partial charge in [0, 0.05) is 48.6 Å². The molecule has 8 heteroatoms. The molecule has 1 aromatic heterocycles. The predicted octanol–water partition coefficient (Wildman–Crippen LogP) is 3.86. The monoisotopic (exact) mass is 476 g/mol. The van der Waals surface area contributed by atoms with Crippen LogP contribution in [-0.4, -0.2) is 54.4 Å². The molecule has 34 heavy (non-hydrogen) atoms. The van der Waals surface area contributed by atoms with E-state index in [-0.39, 0.29) is 18.4 Å². The number of benzene rings is 2. The molecule has 0 bridgehead atoms. The van der Waals surface area contributed by atoms with Crippen LogP contribution in [-0.2, 0) is 9.59 Å². The van der Waals surface area contributed by atoms with Crippen LogP contribution in [0.3, 0.4) is 0 Å². The first-order chi connectivity index (χ1) is 16.5. The van der Waals surface area contributed by atoms with E-state index in [4.69, 9.17) is 16.3 Å². The largest absolute Gasteiger partial charge is 0.472 e. The number of rotatable bonds is 4. The summed E-state index contributed by atoms with van der Waals surface area (Å²) >= 11 is 6.19. The second kappa shape index (κ2) is 9.35. The van der Waals surface area contributed by atoms with Crippen molar-refractivity contribution in [3.05, 3.63) is 83.0 Å². The summed E-state index contributed by atoms with van der Waals surface area (Å²) in [6, 6.07) is 18.7. The van der Waals surface area contributed by atoms with Crippen molar-refractivity contribution in [3.8, 4) is 5.75 Å². The van der Waals surface area contributed by atoms with E-state index in [2.05, 4.69) is 16.8 Å². The number of aromatic nitrogens is 1. The Balaban J connectivity index is 1.31. The molecule has 0 radical (unpaired) electrons. The van der Waals surface area contributed by atoms with Gasteiger partial charge in [-0.1, -0.05) is 48.0 Å². The number of amides is 2. The van der Waals surface area contributed by atoms with Crippen molar-refractivity contribution in [2.45, 2.75) is 13.0 Å². The summed E-state index contributed by atoms with van der Waals surface area (Å²) in [6.45, 7) is 4.52. The lowest BCUT2D eigenvalue weighted by Crippen LogP contribution is -2.53. The van der Waals surface area contributed by atoms with Crippen LogP contribution in [0.4, 0.5) is 11.5 Å². The van der Waals surface area contributed by atoms with Gasteiger partial charge in [-0.15, -0.1) is 0 Å². The van der Waals surface area contributed by atoms with E-state index < -0.39 is 6.10 Å². The standard InChI is InChI=1S/C26H25ClN4O3/c1-18-9-10-20(27)16-21(18)29-12-14-30(15-13-29)23(32)17-31-25-22(8-5-11-28-25)34-24(26(31)33)19-6-3-2-4-7-19/h2-11,16,24H,12-15,17H2,1H3/t24-/m0/s1. The van der Waals surface area contributed by atoms with Gasteiger partial charge in [-0.3, -0.25) is 14.5 Å². The number of halogens is 1. The minimum Gasteiger partial charge on any atom is -0.472 e. The second-order valence-corrected chi connectivity index (χ2v) is 8.89. The van der Waals surface area contributed by atoms with Crippen LogP contribution in [0.1, 0.15) is 17.2 Å². The Morgan fingerprint density at radius 1 is 1.06 bits per heavy atom. The van der Waals surface area contributed by atoms with Crippen molar-refractivity contribution in [1.82, 2.24) is 9.88 Å². The van der Waals surface area contributed by atoms with E-state index in [9.17, 15) is 9.59 Å². The van der Waals surface area contributed by atoms with Crippen molar-refractivity contribution in [3.63, 3.8) is 0 Å². The molecule has 0 unspecified atom stereocenters. The van der Waals surface area contributed by atoms with Crippen LogP contribution in [0, 0.1) is 6.92 Å². The van der Waals surface area contributed by atoms with E-state index in [1.807, 2.05) is 48.5 Å². The SMILES string of the molecule is Cc1ccc(Cl)cc1N1CCN(C(=O)CN2C(=O)[C@H](c3ccccc3)Oc3cccnc32)CC1. The summed E-state index contributed by atoms with van der Waals surface area (Å²) in [4.78, 5) is 36.5. The number of hydrogen-bond acceptors (Lipinski definition) is 5. The zero-order chi connectivity index (χ0) is 23.7. The molecule has 0 saturated carbocycles. The highest BCUT2D eigenvalue weighted by Crippen LogP contribution is 2.37. The third-order valence-corrected chi connectivity index (χ3v) is 6.52. The zero-order valence-corrected chi connectivity index (χ0v) is 19.6. The van der Waals surface area contributed by atoms with Crippen molar-refractivity contribution < 1.29 is 14.3 Å². The Morgan fingerprint density at radius 2 is 1.82 bits per heavy atom. The van der Waals surface area contributed by atoms with E-state index in [0.29, 0.717) is 42.8 Å². The van der Waals surface area contributed by atoms with Gasteiger partial charge in [-0.25, -0.2) is 4.98 Å². The molecule has 3 aromatic rings. The summed E-state index contributed by atoms with van der Waals surface area (Å²) < 4.78 is 5.98. The number of ether oxygens (including phenoxy) is 1. The third kappa shape index (κ3) is 4.31. The van der Waals surface area contributed by atoms with Crippen molar-refractivity contribution in [2.24, 2.45) is 0 Å². The first-order valence-corrected chi connectivity index (χ1v) is 11.7. The number of aryl methyl sites for hydroxylation is 1. The fourth-order valence-electron chi connectivity index (χ4n) is 4.45. The topological polar surface area (TPSA) is 66.0 Å². The molecule has 0 aliphatic carbocycles. The maximum Gasteiger partial charge on any atom is 0.274 e. The van der Waals surface area contributed by atoms with Gasteiger partial charge in [-0.05, 0) is 36.8 Å². The average molecular weight is 477 g/mol. The quantitative estimate of drug-likeness (QED) is 0.572. The summed E-state index contributed by atoms with van der Waals surface area (Å²) in [5.41, 5.74) is 2.98. The fraction of sp³-hybridized carbons (Fsp3) is 0.269. The molecule has 5 rings (SSSR count). The second-order valence-electron chi connectivity index (χ2n) is 8.46.